The summed E-state index contributed by atoms with van der Waals surface area (Å²) >= 11 is 0. The van der Waals surface area contributed by atoms with Crippen LogP contribution in [0.3, 0.4) is 0 Å². The Morgan fingerprint density at radius 1 is 1.18 bits per heavy atom. The molecular formula is C15H29NO. The lowest BCUT2D eigenvalue weighted by atomic mass is 10.1. The summed E-state index contributed by atoms with van der Waals surface area (Å²) in [6, 6.07) is 0. The number of hydrogen-bond donors (Lipinski definition) is 0. The van der Waals surface area contributed by atoms with Crippen molar-refractivity contribution in [2.75, 3.05) is 13.6 Å². The smallest absolute Gasteiger partial charge is 0.222 e. The summed E-state index contributed by atoms with van der Waals surface area (Å²) < 4.78 is 0. The van der Waals surface area contributed by atoms with Crippen molar-refractivity contribution in [2.45, 2.75) is 53.4 Å². The summed E-state index contributed by atoms with van der Waals surface area (Å²) in [6.07, 6.45) is 8.56. The van der Waals surface area contributed by atoms with E-state index in [1.807, 2.05) is 11.9 Å². The van der Waals surface area contributed by atoms with Crippen LogP contribution in [0.2, 0.25) is 0 Å². The van der Waals surface area contributed by atoms with Crippen LogP contribution in [-0.2, 0) is 4.79 Å². The van der Waals surface area contributed by atoms with Gasteiger partial charge in [0.05, 0.1) is 0 Å². The minimum atomic E-state index is 0.276. The Morgan fingerprint density at radius 2 is 1.82 bits per heavy atom. The maximum absolute atomic E-state index is 11.7. The van der Waals surface area contributed by atoms with Crippen molar-refractivity contribution in [3.05, 3.63) is 12.2 Å². The Morgan fingerprint density at radius 3 is 2.35 bits per heavy atom. The molecule has 0 aliphatic rings. The lowest BCUT2D eigenvalue weighted by Crippen LogP contribution is -2.28. The van der Waals surface area contributed by atoms with Crippen molar-refractivity contribution in [3.63, 3.8) is 0 Å². The van der Waals surface area contributed by atoms with E-state index < -0.39 is 0 Å². The van der Waals surface area contributed by atoms with Crippen LogP contribution in [0.4, 0.5) is 0 Å². The first-order valence-corrected chi connectivity index (χ1v) is 6.84. The molecule has 0 fully saturated rings. The van der Waals surface area contributed by atoms with E-state index in [9.17, 15) is 4.79 Å². The van der Waals surface area contributed by atoms with E-state index in [4.69, 9.17) is 0 Å². The van der Waals surface area contributed by atoms with Crippen LogP contribution >= 0.6 is 0 Å². The Kier molecular flexibility index (Phi) is 8.83. The molecule has 0 bridgehead atoms. The van der Waals surface area contributed by atoms with Gasteiger partial charge in [0.15, 0.2) is 0 Å². The number of hydrogen-bond acceptors (Lipinski definition) is 1. The van der Waals surface area contributed by atoms with Gasteiger partial charge >= 0.3 is 0 Å². The second kappa shape index (κ2) is 9.26. The fourth-order valence-electron chi connectivity index (χ4n) is 1.61. The maximum Gasteiger partial charge on any atom is 0.222 e. The Bertz CT molecular complexity index is 231. The van der Waals surface area contributed by atoms with Gasteiger partial charge in [-0.25, -0.2) is 0 Å². The van der Waals surface area contributed by atoms with Crippen molar-refractivity contribution in [1.82, 2.24) is 4.90 Å². The van der Waals surface area contributed by atoms with Gasteiger partial charge in [0.25, 0.3) is 0 Å². The van der Waals surface area contributed by atoms with Crippen molar-refractivity contribution in [2.24, 2.45) is 11.8 Å². The van der Waals surface area contributed by atoms with Crippen LogP contribution in [0.25, 0.3) is 0 Å². The summed E-state index contributed by atoms with van der Waals surface area (Å²) in [5.74, 6) is 1.38. The average molecular weight is 239 g/mol. The lowest BCUT2D eigenvalue weighted by Gasteiger charge is -2.18. The third kappa shape index (κ3) is 10.1. The molecule has 0 aliphatic heterocycles. The first-order valence-electron chi connectivity index (χ1n) is 6.84. The van der Waals surface area contributed by atoms with E-state index in [0.717, 1.165) is 19.4 Å². The second-order valence-corrected chi connectivity index (χ2v) is 5.58. The van der Waals surface area contributed by atoms with Crippen LogP contribution in [0, 0.1) is 11.8 Å². The van der Waals surface area contributed by atoms with Gasteiger partial charge in [-0.05, 0) is 31.1 Å². The van der Waals surface area contributed by atoms with E-state index >= 15 is 0 Å². The zero-order chi connectivity index (χ0) is 13.3. The zero-order valence-electron chi connectivity index (χ0n) is 12.2. The standard InChI is InChI=1S/C15H29NO/c1-13(2)10-8-6-7-9-11-16(5)15(17)12-14(3)4/h8,10,13-14H,6-7,9,11-12H2,1-5H3. The molecule has 0 radical (unpaired) electrons. The summed E-state index contributed by atoms with van der Waals surface area (Å²) in [5.41, 5.74) is 0. The van der Waals surface area contributed by atoms with Crippen molar-refractivity contribution < 1.29 is 4.79 Å². The highest BCUT2D eigenvalue weighted by molar-refractivity contribution is 5.75. The van der Waals surface area contributed by atoms with Gasteiger partial charge in [-0.1, -0.05) is 39.8 Å². The topological polar surface area (TPSA) is 20.3 Å². The van der Waals surface area contributed by atoms with E-state index in [0.29, 0.717) is 18.3 Å². The highest BCUT2D eigenvalue weighted by Gasteiger charge is 2.09. The Labute approximate surface area is 107 Å². The fraction of sp³-hybridized carbons (Fsp3) is 0.800. The van der Waals surface area contributed by atoms with Crippen LogP contribution in [-0.4, -0.2) is 24.4 Å². The molecule has 0 aromatic rings. The number of amides is 1. The van der Waals surface area contributed by atoms with Gasteiger partial charge in [-0.3, -0.25) is 4.79 Å². The lowest BCUT2D eigenvalue weighted by molar-refractivity contribution is -0.130. The monoisotopic (exact) mass is 239 g/mol. The van der Waals surface area contributed by atoms with Crippen LogP contribution in [0.1, 0.15) is 53.4 Å². The van der Waals surface area contributed by atoms with E-state index in [1.165, 1.54) is 6.42 Å². The molecule has 2 heteroatoms. The molecule has 0 aromatic heterocycles. The molecule has 0 spiro atoms. The number of carbonyl (C=O) groups is 1. The van der Waals surface area contributed by atoms with E-state index in [-0.39, 0.29) is 5.91 Å². The molecule has 0 rings (SSSR count). The highest BCUT2D eigenvalue weighted by atomic mass is 16.2. The van der Waals surface area contributed by atoms with Gasteiger partial charge in [0.2, 0.25) is 5.91 Å². The molecular weight excluding hydrogens is 210 g/mol. The van der Waals surface area contributed by atoms with Crippen LogP contribution in [0.15, 0.2) is 12.2 Å². The predicted molar refractivity (Wildman–Crippen MR) is 74.9 cm³/mol. The van der Waals surface area contributed by atoms with Crippen molar-refractivity contribution in [3.8, 4) is 0 Å². The van der Waals surface area contributed by atoms with E-state index in [1.54, 1.807) is 0 Å². The number of allylic oxidation sites excluding steroid dienone is 2. The molecule has 0 saturated carbocycles. The molecule has 0 aromatic carbocycles. The first kappa shape index (κ1) is 16.2. The molecule has 0 saturated heterocycles. The van der Waals surface area contributed by atoms with Gasteiger partial charge in [0.1, 0.15) is 0 Å². The fourth-order valence-corrected chi connectivity index (χ4v) is 1.61. The van der Waals surface area contributed by atoms with Crippen LogP contribution < -0.4 is 0 Å². The van der Waals surface area contributed by atoms with Crippen molar-refractivity contribution >= 4 is 5.91 Å². The molecule has 0 heterocycles. The summed E-state index contributed by atoms with van der Waals surface area (Å²) in [6.45, 7) is 9.44. The molecule has 2 nitrogen and oxygen atoms in total. The second-order valence-electron chi connectivity index (χ2n) is 5.58. The molecule has 0 N–H and O–H groups in total. The minimum Gasteiger partial charge on any atom is -0.346 e. The quantitative estimate of drug-likeness (QED) is 0.465. The normalized spacial score (nSPS) is 11.7. The SMILES string of the molecule is CC(C)C=CCCCCN(C)C(=O)CC(C)C. The number of nitrogens with zero attached hydrogens (tertiary/aromatic N) is 1. The van der Waals surface area contributed by atoms with Crippen LogP contribution in [0.5, 0.6) is 0 Å². The third-order valence-corrected chi connectivity index (χ3v) is 2.64. The average Bonchev–Trinajstić information content (AvgIpc) is 2.21. The Hall–Kier alpha value is -0.790. The molecule has 1 amide bonds. The largest absolute Gasteiger partial charge is 0.346 e. The van der Waals surface area contributed by atoms with E-state index in [2.05, 4.69) is 39.8 Å². The summed E-state index contributed by atoms with van der Waals surface area (Å²) in [4.78, 5) is 13.5. The van der Waals surface area contributed by atoms with Gasteiger partial charge in [-0.2, -0.15) is 0 Å². The highest BCUT2D eigenvalue weighted by Crippen LogP contribution is 2.05. The zero-order valence-corrected chi connectivity index (χ0v) is 12.2. The molecule has 100 valence electrons. The first-order chi connectivity index (χ1) is 7.93. The minimum absolute atomic E-state index is 0.276. The number of rotatable bonds is 8. The predicted octanol–water partition coefficient (Wildman–Crippen LogP) is 3.87. The van der Waals surface area contributed by atoms with Gasteiger partial charge in [-0.15, -0.1) is 0 Å². The molecule has 0 unspecified atom stereocenters. The summed E-state index contributed by atoms with van der Waals surface area (Å²) in [5, 5.41) is 0. The van der Waals surface area contributed by atoms with Gasteiger partial charge < -0.3 is 4.90 Å². The third-order valence-electron chi connectivity index (χ3n) is 2.64. The number of unbranched alkanes of at least 4 members (excludes halogenated alkanes) is 2. The summed E-state index contributed by atoms with van der Waals surface area (Å²) in [7, 11) is 1.91. The number of carbonyl (C=O) groups excluding carboxylic acids is 1. The van der Waals surface area contributed by atoms with Gasteiger partial charge in [0, 0.05) is 20.0 Å². The Balaban J connectivity index is 3.57. The molecule has 0 aliphatic carbocycles. The molecule has 0 atom stereocenters. The molecule has 17 heavy (non-hydrogen) atoms. The van der Waals surface area contributed by atoms with Crippen molar-refractivity contribution in [1.29, 1.82) is 0 Å². The maximum atomic E-state index is 11.7.